The van der Waals surface area contributed by atoms with Gasteiger partial charge in [0.1, 0.15) is 0 Å². The maximum absolute atomic E-state index is 12.5. The van der Waals surface area contributed by atoms with Gasteiger partial charge in [0, 0.05) is 10.9 Å². The summed E-state index contributed by atoms with van der Waals surface area (Å²) in [5.74, 6) is -2.11. The highest BCUT2D eigenvalue weighted by Crippen LogP contribution is 2.34. The average Bonchev–Trinajstić information content (AvgIpc) is 3.17. The number of Topliss-reactive ketones (excluding diaryl/α,β-unsaturated/α-hetero) is 1. The Hall–Kier alpha value is -1.56. The van der Waals surface area contributed by atoms with Gasteiger partial charge >= 0.3 is 0 Å². The molecular weight excluding hydrogens is 296 g/mol. The number of rotatable bonds is 5. The first-order chi connectivity index (χ1) is 10.0. The van der Waals surface area contributed by atoms with E-state index in [0.717, 1.165) is 12.8 Å². The number of ketones is 1. The van der Waals surface area contributed by atoms with Crippen molar-refractivity contribution in [3.63, 3.8) is 0 Å². The molecule has 1 unspecified atom stereocenters. The molecule has 0 saturated heterocycles. The Morgan fingerprint density at radius 1 is 1.38 bits per heavy atom. The van der Waals surface area contributed by atoms with Crippen LogP contribution in [0, 0.1) is 0 Å². The third-order valence-corrected chi connectivity index (χ3v) is 4.10. The lowest BCUT2D eigenvalue weighted by Crippen LogP contribution is -2.18. The highest BCUT2D eigenvalue weighted by molar-refractivity contribution is 7.99. The molecule has 0 spiro atoms. The van der Waals surface area contributed by atoms with Crippen LogP contribution in [0.5, 0.6) is 0 Å². The van der Waals surface area contributed by atoms with E-state index in [1.165, 1.54) is 0 Å². The molecule has 1 aromatic carbocycles. The van der Waals surface area contributed by atoms with Gasteiger partial charge in [0.25, 0.3) is 5.76 Å². The van der Waals surface area contributed by atoms with Crippen molar-refractivity contribution in [3.05, 3.63) is 35.7 Å². The summed E-state index contributed by atoms with van der Waals surface area (Å²) >= 11 is 0.472. The Labute approximate surface area is 125 Å². The largest absolute Gasteiger partial charge is 0.467 e. The molecule has 2 aliphatic rings. The number of nitrogens with one attached hydrogen (secondary N) is 1. The molecule has 0 aromatic heterocycles. The zero-order chi connectivity index (χ0) is 15.0. The molecule has 1 atom stereocenters. The molecule has 3 nitrogen and oxygen atoms in total. The molecule has 1 saturated carbocycles. The maximum atomic E-state index is 12.5. The number of thioether (sulfide) groups is 1. The lowest BCUT2D eigenvalue weighted by atomic mass is 10.0. The van der Waals surface area contributed by atoms with Gasteiger partial charge in [0.05, 0.1) is 5.57 Å². The summed E-state index contributed by atoms with van der Waals surface area (Å²) < 4.78 is 30.5. The first-order valence-corrected chi connectivity index (χ1v) is 7.69. The van der Waals surface area contributed by atoms with Crippen molar-refractivity contribution in [2.45, 2.75) is 42.6 Å². The molecule has 1 heterocycles. The highest BCUT2D eigenvalue weighted by atomic mass is 32.2. The summed E-state index contributed by atoms with van der Waals surface area (Å²) in [4.78, 5) is 12.7. The Morgan fingerprint density at radius 2 is 2.14 bits per heavy atom. The van der Waals surface area contributed by atoms with E-state index in [-0.39, 0.29) is 5.78 Å². The zero-order valence-electron chi connectivity index (χ0n) is 11.4. The molecule has 6 heteroatoms. The van der Waals surface area contributed by atoms with Crippen LogP contribution in [0.15, 0.2) is 35.0 Å². The van der Waals surface area contributed by atoms with E-state index in [0.29, 0.717) is 39.7 Å². The number of hydrogen-bond donors (Lipinski definition) is 1. The van der Waals surface area contributed by atoms with E-state index in [4.69, 9.17) is 4.74 Å². The fourth-order valence-corrected chi connectivity index (χ4v) is 2.78. The summed E-state index contributed by atoms with van der Waals surface area (Å²) in [5, 5.41) is 3.20. The number of carbonyl (C=O) groups is 1. The van der Waals surface area contributed by atoms with Crippen molar-refractivity contribution in [2.75, 3.05) is 0 Å². The molecule has 112 valence electrons. The summed E-state index contributed by atoms with van der Waals surface area (Å²) in [6.45, 7) is 1.70. The number of ether oxygens (including phenoxy) is 1. The minimum Gasteiger partial charge on any atom is -0.467 e. The fourth-order valence-electron chi connectivity index (χ4n) is 2.22. The molecule has 1 N–H and O–H groups in total. The number of alkyl halides is 2. The number of carbonyl (C=O) groups excluding carboxylic acids is 1. The van der Waals surface area contributed by atoms with Crippen LogP contribution < -0.4 is 5.32 Å². The Morgan fingerprint density at radius 3 is 2.81 bits per heavy atom. The van der Waals surface area contributed by atoms with E-state index in [1.807, 2.05) is 0 Å². The van der Waals surface area contributed by atoms with Crippen molar-refractivity contribution in [2.24, 2.45) is 0 Å². The third kappa shape index (κ3) is 3.20. The standard InChI is InChI=1S/C15H15F2NO2S/c1-8-13(19)12(14(20-8)18-10-5-6-10)9-3-2-4-11(7-9)21-15(16)17/h2-4,7-8,10,15,18H,5-6H2,1H3. The second-order valence-electron chi connectivity index (χ2n) is 5.15. The first kappa shape index (κ1) is 14.4. The van der Waals surface area contributed by atoms with Gasteiger partial charge in [-0.2, -0.15) is 8.78 Å². The van der Waals surface area contributed by atoms with Crippen molar-refractivity contribution in [1.82, 2.24) is 5.32 Å². The van der Waals surface area contributed by atoms with E-state index in [2.05, 4.69) is 5.32 Å². The van der Waals surface area contributed by atoms with Gasteiger partial charge in [-0.05, 0) is 37.5 Å². The van der Waals surface area contributed by atoms with Gasteiger partial charge in [-0.3, -0.25) is 4.79 Å². The smallest absolute Gasteiger partial charge is 0.288 e. The number of benzene rings is 1. The second-order valence-corrected chi connectivity index (χ2v) is 6.22. The lowest BCUT2D eigenvalue weighted by molar-refractivity contribution is -0.119. The normalized spacial score (nSPS) is 21.9. The van der Waals surface area contributed by atoms with Crippen LogP contribution in [0.1, 0.15) is 25.3 Å². The molecule has 0 amide bonds. The van der Waals surface area contributed by atoms with E-state index in [9.17, 15) is 13.6 Å². The fraction of sp³-hybridized carbons (Fsp3) is 0.400. The van der Waals surface area contributed by atoms with E-state index >= 15 is 0 Å². The van der Waals surface area contributed by atoms with Crippen LogP contribution >= 0.6 is 11.8 Å². The zero-order valence-corrected chi connectivity index (χ0v) is 12.3. The molecule has 0 bridgehead atoms. The SMILES string of the molecule is CC1OC(NC2CC2)=C(c2cccc(SC(F)F)c2)C1=O. The number of hydrogen-bond acceptors (Lipinski definition) is 4. The summed E-state index contributed by atoms with van der Waals surface area (Å²) in [6, 6.07) is 7.00. The van der Waals surface area contributed by atoms with Crippen molar-refractivity contribution < 1.29 is 18.3 Å². The maximum Gasteiger partial charge on any atom is 0.288 e. The topological polar surface area (TPSA) is 38.3 Å². The van der Waals surface area contributed by atoms with Crippen LogP contribution in [-0.4, -0.2) is 23.7 Å². The average molecular weight is 311 g/mol. The Balaban J connectivity index is 1.93. The summed E-state index contributed by atoms with van der Waals surface area (Å²) in [6.07, 6.45) is 1.58. The molecule has 1 aliphatic heterocycles. The molecule has 1 aliphatic carbocycles. The quantitative estimate of drug-likeness (QED) is 0.846. The van der Waals surface area contributed by atoms with Gasteiger partial charge in [0.15, 0.2) is 12.0 Å². The van der Waals surface area contributed by atoms with Gasteiger partial charge in [-0.15, -0.1) is 0 Å². The van der Waals surface area contributed by atoms with Crippen LogP contribution in [0.25, 0.3) is 5.57 Å². The summed E-state index contributed by atoms with van der Waals surface area (Å²) in [5.41, 5.74) is 1.09. The predicted molar refractivity (Wildman–Crippen MR) is 76.9 cm³/mol. The monoisotopic (exact) mass is 311 g/mol. The van der Waals surface area contributed by atoms with Crippen LogP contribution in [-0.2, 0) is 9.53 Å². The molecule has 3 rings (SSSR count). The molecule has 21 heavy (non-hydrogen) atoms. The van der Waals surface area contributed by atoms with Gasteiger partial charge in [-0.1, -0.05) is 23.9 Å². The predicted octanol–water partition coefficient (Wildman–Crippen LogP) is 3.41. The highest BCUT2D eigenvalue weighted by Gasteiger charge is 2.35. The lowest BCUT2D eigenvalue weighted by Gasteiger charge is -2.09. The number of halogens is 2. The van der Waals surface area contributed by atoms with Crippen molar-refractivity contribution in [1.29, 1.82) is 0 Å². The summed E-state index contributed by atoms with van der Waals surface area (Å²) in [7, 11) is 0. The van der Waals surface area contributed by atoms with Crippen LogP contribution in [0.3, 0.4) is 0 Å². The van der Waals surface area contributed by atoms with Crippen molar-refractivity contribution >= 4 is 23.1 Å². The molecule has 0 radical (unpaired) electrons. The molecule has 1 fully saturated rings. The van der Waals surface area contributed by atoms with Gasteiger partial charge < -0.3 is 10.1 Å². The minimum atomic E-state index is -2.48. The van der Waals surface area contributed by atoms with Crippen molar-refractivity contribution in [3.8, 4) is 0 Å². The van der Waals surface area contributed by atoms with Gasteiger partial charge in [-0.25, -0.2) is 0 Å². The Bertz CT molecular complexity index is 599. The minimum absolute atomic E-state index is 0.114. The van der Waals surface area contributed by atoms with Gasteiger partial charge in [0.2, 0.25) is 5.78 Å². The van der Waals surface area contributed by atoms with E-state index < -0.39 is 11.9 Å². The molecule has 1 aromatic rings. The first-order valence-electron chi connectivity index (χ1n) is 6.81. The van der Waals surface area contributed by atoms with Crippen LogP contribution in [0.4, 0.5) is 8.78 Å². The van der Waals surface area contributed by atoms with E-state index in [1.54, 1.807) is 31.2 Å². The third-order valence-electron chi connectivity index (χ3n) is 3.40. The second kappa shape index (κ2) is 5.67. The molecular formula is C15H15F2NO2S. The Kier molecular flexibility index (Phi) is 3.89. The van der Waals surface area contributed by atoms with Crippen LogP contribution in [0.2, 0.25) is 0 Å².